The van der Waals surface area contributed by atoms with Crippen LogP contribution in [0.3, 0.4) is 0 Å². The van der Waals surface area contributed by atoms with Gasteiger partial charge in [0, 0.05) is 18.2 Å². The van der Waals surface area contributed by atoms with Crippen molar-refractivity contribution in [2.24, 2.45) is 11.3 Å². The van der Waals surface area contributed by atoms with Crippen LogP contribution in [0.1, 0.15) is 46.2 Å². The van der Waals surface area contributed by atoms with Crippen LogP contribution in [0.15, 0.2) is 23.0 Å². The average molecular weight is 209 g/mol. The monoisotopic (exact) mass is 209 g/mol. The Labute approximate surface area is 93.1 Å². The lowest BCUT2D eigenvalue weighted by molar-refractivity contribution is 0.230. The lowest BCUT2D eigenvalue weighted by Gasteiger charge is -2.31. The maximum Gasteiger partial charge on any atom is 0.0950 e. The molecule has 1 heterocycles. The Balaban J connectivity index is 2.44. The van der Waals surface area contributed by atoms with E-state index in [1.165, 1.54) is 5.56 Å². The Morgan fingerprint density at radius 2 is 2.00 bits per heavy atom. The largest absolute Gasteiger partial charge is 0.472 e. The molecule has 0 fully saturated rings. The average Bonchev–Trinajstić information content (AvgIpc) is 2.66. The van der Waals surface area contributed by atoms with Gasteiger partial charge < -0.3 is 9.73 Å². The van der Waals surface area contributed by atoms with Gasteiger partial charge in [0.25, 0.3) is 0 Å². The Bertz CT molecular complexity index is 275. The summed E-state index contributed by atoms with van der Waals surface area (Å²) in [7, 11) is 0. The summed E-state index contributed by atoms with van der Waals surface area (Å²) in [6.45, 7) is 12.3. The highest BCUT2D eigenvalue weighted by molar-refractivity contribution is 5.10. The Morgan fingerprint density at radius 3 is 2.47 bits per heavy atom. The molecular weight excluding hydrogens is 186 g/mol. The summed E-state index contributed by atoms with van der Waals surface area (Å²) < 4.78 is 5.08. The van der Waals surface area contributed by atoms with Crippen LogP contribution in [0.4, 0.5) is 0 Å². The second-order valence-corrected chi connectivity index (χ2v) is 5.30. The van der Waals surface area contributed by atoms with Crippen molar-refractivity contribution in [2.45, 2.75) is 40.7 Å². The van der Waals surface area contributed by atoms with Gasteiger partial charge in [-0.1, -0.05) is 27.7 Å². The lowest BCUT2D eigenvalue weighted by Crippen LogP contribution is -2.34. The summed E-state index contributed by atoms with van der Waals surface area (Å²) in [6, 6.07) is 2.38. The summed E-state index contributed by atoms with van der Waals surface area (Å²) in [4.78, 5) is 0. The van der Waals surface area contributed by atoms with E-state index in [0.717, 1.165) is 6.54 Å². The van der Waals surface area contributed by atoms with Crippen LogP contribution in [-0.2, 0) is 0 Å². The smallest absolute Gasteiger partial charge is 0.0950 e. The fourth-order valence-electron chi connectivity index (χ4n) is 1.26. The molecule has 0 saturated carbocycles. The number of nitrogens with one attached hydrogen (secondary N) is 1. The molecule has 15 heavy (non-hydrogen) atoms. The predicted octanol–water partition coefficient (Wildman–Crippen LogP) is 3.61. The van der Waals surface area contributed by atoms with Gasteiger partial charge in [0.1, 0.15) is 0 Å². The first-order chi connectivity index (χ1) is 6.93. The third-order valence-corrected chi connectivity index (χ3v) is 3.47. The molecule has 86 valence electrons. The fourth-order valence-corrected chi connectivity index (χ4v) is 1.26. The van der Waals surface area contributed by atoms with E-state index in [0.29, 0.717) is 17.4 Å². The predicted molar refractivity (Wildman–Crippen MR) is 63.7 cm³/mol. The van der Waals surface area contributed by atoms with E-state index in [9.17, 15) is 0 Å². The van der Waals surface area contributed by atoms with Crippen molar-refractivity contribution in [1.82, 2.24) is 5.32 Å². The maximum atomic E-state index is 5.08. The molecule has 2 nitrogen and oxygen atoms in total. The minimum absolute atomic E-state index is 0.331. The van der Waals surface area contributed by atoms with E-state index in [1.807, 2.05) is 6.07 Å². The topological polar surface area (TPSA) is 25.2 Å². The van der Waals surface area contributed by atoms with Crippen molar-refractivity contribution >= 4 is 0 Å². The lowest BCUT2D eigenvalue weighted by atomic mass is 9.81. The summed E-state index contributed by atoms with van der Waals surface area (Å²) in [6.07, 6.45) is 3.53. The molecule has 0 aliphatic heterocycles. The van der Waals surface area contributed by atoms with Crippen LogP contribution in [0.2, 0.25) is 0 Å². The summed E-state index contributed by atoms with van der Waals surface area (Å²) in [5.41, 5.74) is 1.55. The van der Waals surface area contributed by atoms with Gasteiger partial charge in [-0.2, -0.15) is 0 Å². The van der Waals surface area contributed by atoms with E-state index < -0.39 is 0 Å². The molecule has 0 aliphatic carbocycles. The van der Waals surface area contributed by atoms with E-state index in [4.69, 9.17) is 4.42 Å². The van der Waals surface area contributed by atoms with E-state index in [2.05, 4.69) is 39.9 Å². The van der Waals surface area contributed by atoms with Crippen LogP contribution in [-0.4, -0.2) is 6.54 Å². The van der Waals surface area contributed by atoms with Crippen molar-refractivity contribution in [3.63, 3.8) is 0 Å². The molecule has 1 rings (SSSR count). The van der Waals surface area contributed by atoms with Crippen LogP contribution < -0.4 is 5.32 Å². The second-order valence-electron chi connectivity index (χ2n) is 5.30. The number of hydrogen-bond acceptors (Lipinski definition) is 2. The minimum Gasteiger partial charge on any atom is -0.472 e. The zero-order chi connectivity index (χ0) is 11.5. The SMILES string of the molecule is CC(NCC(C)(C)C(C)C)c1ccoc1. The molecule has 0 spiro atoms. The first-order valence-electron chi connectivity index (χ1n) is 5.69. The first-order valence-corrected chi connectivity index (χ1v) is 5.69. The highest BCUT2D eigenvalue weighted by Crippen LogP contribution is 2.26. The van der Waals surface area contributed by atoms with Crippen molar-refractivity contribution in [3.8, 4) is 0 Å². The highest BCUT2D eigenvalue weighted by atomic mass is 16.3. The summed E-state index contributed by atoms with van der Waals surface area (Å²) in [5, 5.41) is 3.55. The number of rotatable bonds is 5. The Hall–Kier alpha value is -0.760. The number of hydrogen-bond donors (Lipinski definition) is 1. The van der Waals surface area contributed by atoms with Gasteiger partial charge in [-0.25, -0.2) is 0 Å². The molecule has 1 aromatic heterocycles. The Morgan fingerprint density at radius 1 is 1.33 bits per heavy atom. The van der Waals surface area contributed by atoms with Crippen LogP contribution in [0.5, 0.6) is 0 Å². The second kappa shape index (κ2) is 4.84. The van der Waals surface area contributed by atoms with Crippen LogP contribution in [0.25, 0.3) is 0 Å². The van der Waals surface area contributed by atoms with Crippen molar-refractivity contribution in [1.29, 1.82) is 0 Å². The third kappa shape index (κ3) is 3.38. The zero-order valence-electron chi connectivity index (χ0n) is 10.5. The van der Waals surface area contributed by atoms with E-state index in [1.54, 1.807) is 12.5 Å². The Kier molecular flexibility index (Phi) is 3.97. The van der Waals surface area contributed by atoms with E-state index >= 15 is 0 Å². The first kappa shape index (κ1) is 12.3. The van der Waals surface area contributed by atoms with Gasteiger partial charge in [0.2, 0.25) is 0 Å². The molecule has 0 saturated heterocycles. The van der Waals surface area contributed by atoms with Crippen molar-refractivity contribution in [2.75, 3.05) is 6.54 Å². The van der Waals surface area contributed by atoms with Gasteiger partial charge >= 0.3 is 0 Å². The molecule has 0 amide bonds. The molecule has 0 aromatic carbocycles. The fraction of sp³-hybridized carbons (Fsp3) is 0.692. The summed E-state index contributed by atoms with van der Waals surface area (Å²) >= 11 is 0. The third-order valence-electron chi connectivity index (χ3n) is 3.47. The minimum atomic E-state index is 0.331. The standard InChI is InChI=1S/C13H23NO/c1-10(2)13(4,5)9-14-11(3)12-6-7-15-8-12/h6-8,10-11,14H,9H2,1-5H3. The van der Waals surface area contributed by atoms with Crippen LogP contribution >= 0.6 is 0 Å². The zero-order valence-corrected chi connectivity index (χ0v) is 10.5. The molecule has 1 N–H and O–H groups in total. The van der Waals surface area contributed by atoms with Crippen molar-refractivity contribution < 1.29 is 4.42 Å². The van der Waals surface area contributed by atoms with Crippen LogP contribution in [0, 0.1) is 11.3 Å². The number of furan rings is 1. The van der Waals surface area contributed by atoms with Gasteiger partial charge in [-0.3, -0.25) is 0 Å². The van der Waals surface area contributed by atoms with Gasteiger partial charge in [0.15, 0.2) is 0 Å². The molecular formula is C13H23NO. The molecule has 1 atom stereocenters. The molecule has 0 bridgehead atoms. The maximum absolute atomic E-state index is 5.08. The molecule has 1 aromatic rings. The quantitative estimate of drug-likeness (QED) is 0.801. The normalized spacial score (nSPS) is 14.5. The van der Waals surface area contributed by atoms with Crippen molar-refractivity contribution in [3.05, 3.63) is 24.2 Å². The molecule has 1 unspecified atom stereocenters. The van der Waals surface area contributed by atoms with Gasteiger partial charge in [0.05, 0.1) is 12.5 Å². The van der Waals surface area contributed by atoms with Gasteiger partial charge in [-0.05, 0) is 24.3 Å². The molecule has 0 aliphatic rings. The molecule has 0 radical (unpaired) electrons. The summed E-state index contributed by atoms with van der Waals surface area (Å²) in [5.74, 6) is 0.682. The molecule has 2 heteroatoms. The van der Waals surface area contributed by atoms with Gasteiger partial charge in [-0.15, -0.1) is 0 Å². The highest BCUT2D eigenvalue weighted by Gasteiger charge is 2.22. The van der Waals surface area contributed by atoms with E-state index in [-0.39, 0.29) is 0 Å².